The molecular weight excluding hydrogens is 366 g/mol. The third-order valence-corrected chi connectivity index (χ3v) is 5.35. The van der Waals surface area contributed by atoms with Crippen molar-refractivity contribution in [1.82, 2.24) is 9.55 Å². The predicted octanol–water partition coefficient (Wildman–Crippen LogP) is 1.06. The number of hydrogen-bond acceptors (Lipinski definition) is 8. The smallest absolute Gasteiger partial charge is 0.351 e. The first kappa shape index (κ1) is 20.8. The quantitative estimate of drug-likeness (QED) is 0.518. The molecule has 2 fully saturated rings. The van der Waals surface area contributed by atoms with Gasteiger partial charge in [-0.3, -0.25) is 9.36 Å². The van der Waals surface area contributed by atoms with E-state index in [4.69, 9.17) is 19.9 Å². The molecule has 0 aromatic carbocycles. The summed E-state index contributed by atoms with van der Waals surface area (Å²) in [6.45, 7) is 7.18. The molecule has 1 aromatic heterocycles. The second-order valence-electron chi connectivity index (χ2n) is 8.28. The van der Waals surface area contributed by atoms with E-state index < -0.39 is 35.8 Å². The lowest BCUT2D eigenvalue weighted by molar-refractivity contribution is -0.188. The molecule has 1 unspecified atom stereocenters. The van der Waals surface area contributed by atoms with Gasteiger partial charge in [-0.2, -0.15) is 4.98 Å². The SMILES string of the molecule is CC(C)C(=O)OC[C@H]1O[C@@H](n2ccc(N)nc2=O)C2(CC2)[C@@H]1OC(O)C(C)C. The highest BCUT2D eigenvalue weighted by molar-refractivity contribution is 5.71. The average Bonchev–Trinajstić information content (AvgIpc) is 3.36. The molecular formula is C19H29N3O6. The minimum atomic E-state index is -0.991. The first-order valence-electron chi connectivity index (χ1n) is 9.66. The highest BCUT2D eigenvalue weighted by atomic mass is 16.6. The zero-order chi connectivity index (χ0) is 20.6. The summed E-state index contributed by atoms with van der Waals surface area (Å²) in [5.74, 6) is -0.591. The van der Waals surface area contributed by atoms with E-state index >= 15 is 0 Å². The van der Waals surface area contributed by atoms with E-state index in [0.717, 1.165) is 12.8 Å². The summed E-state index contributed by atoms with van der Waals surface area (Å²) in [5.41, 5.74) is 4.60. The van der Waals surface area contributed by atoms with Crippen molar-refractivity contribution < 1.29 is 24.1 Å². The number of aromatic nitrogens is 2. The van der Waals surface area contributed by atoms with Gasteiger partial charge in [-0.15, -0.1) is 0 Å². The fraction of sp³-hybridized carbons (Fsp3) is 0.737. The number of aliphatic hydroxyl groups excluding tert-OH is 1. The van der Waals surface area contributed by atoms with E-state index in [9.17, 15) is 14.7 Å². The number of rotatable bonds is 7. The normalized spacial score (nSPS) is 26.8. The van der Waals surface area contributed by atoms with Crippen molar-refractivity contribution in [1.29, 1.82) is 0 Å². The molecule has 4 atom stereocenters. The highest BCUT2D eigenvalue weighted by Crippen LogP contribution is 2.63. The van der Waals surface area contributed by atoms with Crippen LogP contribution in [0.4, 0.5) is 5.82 Å². The molecule has 1 aliphatic heterocycles. The second kappa shape index (κ2) is 7.81. The molecule has 9 nitrogen and oxygen atoms in total. The fourth-order valence-corrected chi connectivity index (χ4v) is 3.49. The number of esters is 1. The van der Waals surface area contributed by atoms with Gasteiger partial charge in [0.25, 0.3) is 0 Å². The molecule has 3 N–H and O–H groups in total. The van der Waals surface area contributed by atoms with Gasteiger partial charge in [-0.05, 0) is 18.9 Å². The summed E-state index contributed by atoms with van der Waals surface area (Å²) >= 11 is 0. The molecule has 0 amide bonds. The summed E-state index contributed by atoms with van der Waals surface area (Å²) in [7, 11) is 0. The maximum atomic E-state index is 12.4. The summed E-state index contributed by atoms with van der Waals surface area (Å²) in [5, 5.41) is 10.3. The minimum Gasteiger partial charge on any atom is -0.463 e. The lowest BCUT2D eigenvalue weighted by atomic mass is 9.95. The second-order valence-corrected chi connectivity index (χ2v) is 8.28. The first-order chi connectivity index (χ1) is 13.2. The predicted molar refractivity (Wildman–Crippen MR) is 100 cm³/mol. The number of nitrogen functional groups attached to an aromatic ring is 1. The zero-order valence-electron chi connectivity index (χ0n) is 16.7. The molecule has 156 valence electrons. The van der Waals surface area contributed by atoms with E-state index in [1.54, 1.807) is 20.0 Å². The van der Waals surface area contributed by atoms with Gasteiger partial charge < -0.3 is 25.1 Å². The van der Waals surface area contributed by atoms with Crippen molar-refractivity contribution in [2.45, 2.75) is 65.3 Å². The molecule has 0 bridgehead atoms. The maximum Gasteiger partial charge on any atom is 0.351 e. The van der Waals surface area contributed by atoms with Crippen LogP contribution >= 0.6 is 0 Å². The topological polar surface area (TPSA) is 126 Å². The van der Waals surface area contributed by atoms with E-state index in [2.05, 4.69) is 4.98 Å². The van der Waals surface area contributed by atoms with Crippen molar-refractivity contribution in [3.63, 3.8) is 0 Å². The van der Waals surface area contributed by atoms with E-state index in [1.807, 2.05) is 13.8 Å². The van der Waals surface area contributed by atoms with Crippen LogP contribution in [0.5, 0.6) is 0 Å². The van der Waals surface area contributed by atoms with Gasteiger partial charge in [-0.25, -0.2) is 4.79 Å². The Labute approximate surface area is 163 Å². The average molecular weight is 395 g/mol. The molecule has 3 rings (SSSR count). The van der Waals surface area contributed by atoms with Gasteiger partial charge in [-0.1, -0.05) is 27.7 Å². The Morgan fingerprint density at radius 2 is 2.11 bits per heavy atom. The molecule has 1 aromatic rings. The Hall–Kier alpha value is -1.97. The number of carbonyl (C=O) groups is 1. The van der Waals surface area contributed by atoms with Crippen LogP contribution in [0.25, 0.3) is 0 Å². The van der Waals surface area contributed by atoms with E-state index in [0.29, 0.717) is 0 Å². The summed E-state index contributed by atoms with van der Waals surface area (Å²) in [6, 6.07) is 1.53. The van der Waals surface area contributed by atoms with Crippen LogP contribution in [0.3, 0.4) is 0 Å². The lowest BCUT2D eigenvalue weighted by Crippen LogP contribution is -2.40. The van der Waals surface area contributed by atoms with Crippen LogP contribution in [0, 0.1) is 17.3 Å². The van der Waals surface area contributed by atoms with Crippen LogP contribution in [0.1, 0.15) is 46.8 Å². The third kappa shape index (κ3) is 3.92. The van der Waals surface area contributed by atoms with Gasteiger partial charge in [0.05, 0.1) is 5.92 Å². The van der Waals surface area contributed by atoms with Gasteiger partial charge in [0.15, 0.2) is 6.29 Å². The fourth-order valence-electron chi connectivity index (χ4n) is 3.49. The number of hydrogen-bond donors (Lipinski definition) is 2. The Morgan fingerprint density at radius 3 is 2.64 bits per heavy atom. The van der Waals surface area contributed by atoms with Crippen molar-refractivity contribution in [3.8, 4) is 0 Å². The number of ether oxygens (including phenoxy) is 3. The molecule has 1 saturated heterocycles. The van der Waals surface area contributed by atoms with Gasteiger partial charge in [0, 0.05) is 17.5 Å². The van der Waals surface area contributed by atoms with Crippen LogP contribution in [0.15, 0.2) is 17.1 Å². The maximum absolute atomic E-state index is 12.4. The lowest BCUT2D eigenvalue weighted by Gasteiger charge is -2.28. The Kier molecular flexibility index (Phi) is 5.79. The van der Waals surface area contributed by atoms with Crippen LogP contribution < -0.4 is 11.4 Å². The molecule has 1 saturated carbocycles. The molecule has 0 radical (unpaired) electrons. The van der Waals surface area contributed by atoms with Crippen molar-refractivity contribution in [2.24, 2.45) is 17.3 Å². The first-order valence-corrected chi connectivity index (χ1v) is 9.66. The van der Waals surface area contributed by atoms with Crippen molar-refractivity contribution >= 4 is 11.8 Å². The molecule has 1 spiro atoms. The number of anilines is 1. The van der Waals surface area contributed by atoms with Crippen LogP contribution in [-0.4, -0.2) is 45.7 Å². The van der Waals surface area contributed by atoms with E-state index in [1.165, 1.54) is 10.6 Å². The van der Waals surface area contributed by atoms with E-state index in [-0.39, 0.29) is 30.2 Å². The summed E-state index contributed by atoms with van der Waals surface area (Å²) < 4.78 is 18.8. The largest absolute Gasteiger partial charge is 0.463 e. The van der Waals surface area contributed by atoms with Gasteiger partial charge in [0.2, 0.25) is 0 Å². The summed E-state index contributed by atoms with van der Waals surface area (Å²) in [4.78, 5) is 28.0. The van der Waals surface area contributed by atoms with Gasteiger partial charge >= 0.3 is 11.7 Å². The summed E-state index contributed by atoms with van der Waals surface area (Å²) in [6.07, 6.45) is 0.340. The Balaban J connectivity index is 1.87. The highest BCUT2D eigenvalue weighted by Gasteiger charge is 2.66. The zero-order valence-corrected chi connectivity index (χ0v) is 16.7. The molecule has 2 heterocycles. The Morgan fingerprint density at radius 1 is 1.43 bits per heavy atom. The molecule has 2 aliphatic rings. The number of nitrogens with two attached hydrogens (primary N) is 1. The minimum absolute atomic E-state index is 0.0120. The number of carbonyl (C=O) groups excluding carboxylic acids is 1. The number of aliphatic hydroxyl groups is 1. The van der Waals surface area contributed by atoms with Crippen molar-refractivity contribution in [3.05, 3.63) is 22.7 Å². The van der Waals surface area contributed by atoms with Crippen LogP contribution in [-0.2, 0) is 19.0 Å². The monoisotopic (exact) mass is 395 g/mol. The molecule has 9 heteroatoms. The third-order valence-electron chi connectivity index (χ3n) is 5.35. The number of nitrogens with zero attached hydrogens (tertiary/aromatic N) is 2. The standard InChI is InChI=1S/C19H29N3O6/c1-10(2)15(23)26-9-12-14(28-16(24)11(3)4)19(6-7-19)17(27-12)22-8-5-13(20)21-18(22)25/h5,8,10-12,14,16-17,24H,6-7,9H2,1-4H3,(H2,20,21,25)/t12-,14-,16?,17-/m1/s1. The molecule has 1 aliphatic carbocycles. The van der Waals surface area contributed by atoms with Crippen LogP contribution in [0.2, 0.25) is 0 Å². The van der Waals surface area contributed by atoms with Gasteiger partial charge in [0.1, 0.15) is 30.9 Å². The Bertz CT molecular complexity index is 773. The molecule has 28 heavy (non-hydrogen) atoms. The van der Waals surface area contributed by atoms with Crippen molar-refractivity contribution in [2.75, 3.05) is 12.3 Å².